The highest BCUT2D eigenvalue weighted by Crippen LogP contribution is 2.32. The molecule has 1 atom stereocenters. The van der Waals surface area contributed by atoms with Gasteiger partial charge in [-0.15, -0.1) is 11.3 Å². The molecule has 3 aromatic heterocycles. The van der Waals surface area contributed by atoms with Gasteiger partial charge in [0, 0.05) is 34.6 Å². The molecule has 1 aliphatic heterocycles. The van der Waals surface area contributed by atoms with Gasteiger partial charge in [0.15, 0.2) is 5.13 Å². The fourth-order valence-electron chi connectivity index (χ4n) is 4.08. The first-order valence-electron chi connectivity index (χ1n) is 10.9. The van der Waals surface area contributed by atoms with Crippen LogP contribution in [0.4, 0.5) is 10.9 Å². The lowest BCUT2D eigenvalue weighted by molar-refractivity contribution is 0.102. The third-order valence-corrected chi connectivity index (χ3v) is 6.83. The molecule has 0 aliphatic carbocycles. The summed E-state index contributed by atoms with van der Waals surface area (Å²) in [5, 5.41) is 7.04. The van der Waals surface area contributed by atoms with Gasteiger partial charge in [0.2, 0.25) is 0 Å². The number of nitrogen functional groups attached to an aromatic ring is 1. The van der Waals surface area contributed by atoms with Gasteiger partial charge in [0.1, 0.15) is 22.9 Å². The standard InChI is InChI=1S/C23H25N7OS/c1-2-16-13-27-23(32-16)29-22(31)15-8-6-14(7-9-15)18-19-20(24)26-11-12-30(19)21(28-18)17-5-3-4-10-25-17/h6-9,11-13,17,25H,2-5,10H2,1H3,(H2,24,26)(H,27,29,31). The number of nitrogens with two attached hydrogens (primary N) is 1. The lowest BCUT2D eigenvalue weighted by Crippen LogP contribution is -2.28. The van der Waals surface area contributed by atoms with E-state index in [1.807, 2.05) is 22.7 Å². The van der Waals surface area contributed by atoms with Crippen LogP contribution in [0.1, 0.15) is 53.3 Å². The van der Waals surface area contributed by atoms with Crippen LogP contribution < -0.4 is 16.4 Å². The zero-order chi connectivity index (χ0) is 22.1. The Hall–Kier alpha value is -3.30. The molecule has 1 fully saturated rings. The van der Waals surface area contributed by atoms with E-state index in [0.717, 1.165) is 46.9 Å². The number of carbonyl (C=O) groups is 1. The molecule has 4 aromatic rings. The quantitative estimate of drug-likeness (QED) is 0.425. The van der Waals surface area contributed by atoms with Crippen molar-refractivity contribution < 1.29 is 4.79 Å². The normalized spacial score (nSPS) is 16.3. The zero-order valence-corrected chi connectivity index (χ0v) is 18.7. The summed E-state index contributed by atoms with van der Waals surface area (Å²) in [5.74, 6) is 1.20. The molecule has 0 saturated carbocycles. The summed E-state index contributed by atoms with van der Waals surface area (Å²) in [7, 11) is 0. The number of fused-ring (bicyclic) bond motifs is 1. The minimum atomic E-state index is -0.184. The number of nitrogens with zero attached hydrogens (tertiary/aromatic N) is 4. The lowest BCUT2D eigenvalue weighted by atomic mass is 10.0. The van der Waals surface area contributed by atoms with E-state index in [1.165, 1.54) is 24.2 Å². The van der Waals surface area contributed by atoms with E-state index in [4.69, 9.17) is 10.7 Å². The zero-order valence-electron chi connectivity index (χ0n) is 17.8. The van der Waals surface area contributed by atoms with Gasteiger partial charge in [-0.1, -0.05) is 25.5 Å². The summed E-state index contributed by atoms with van der Waals surface area (Å²) in [6.45, 7) is 3.05. The Morgan fingerprint density at radius 2 is 2.12 bits per heavy atom. The van der Waals surface area contributed by atoms with Crippen LogP contribution >= 0.6 is 11.3 Å². The Balaban J connectivity index is 1.45. The average molecular weight is 448 g/mol. The number of carbonyl (C=O) groups excluding carboxylic acids is 1. The molecular weight excluding hydrogens is 422 g/mol. The summed E-state index contributed by atoms with van der Waals surface area (Å²) in [5.41, 5.74) is 9.27. The van der Waals surface area contributed by atoms with Gasteiger partial charge in [-0.25, -0.2) is 15.0 Å². The SMILES string of the molecule is CCc1cnc(NC(=O)c2ccc(-c3nc(C4CCCCN4)n4ccnc(N)c34)cc2)s1. The number of hydrogen-bond donors (Lipinski definition) is 3. The van der Waals surface area contributed by atoms with E-state index in [-0.39, 0.29) is 11.9 Å². The van der Waals surface area contributed by atoms with Crippen molar-refractivity contribution in [3.05, 3.63) is 59.1 Å². The van der Waals surface area contributed by atoms with E-state index in [0.29, 0.717) is 16.5 Å². The molecule has 5 rings (SSSR count). The van der Waals surface area contributed by atoms with Gasteiger partial charge in [-0.2, -0.15) is 0 Å². The smallest absolute Gasteiger partial charge is 0.257 e. The fourth-order valence-corrected chi connectivity index (χ4v) is 4.83. The van der Waals surface area contributed by atoms with Gasteiger partial charge in [-0.3, -0.25) is 14.5 Å². The van der Waals surface area contributed by atoms with E-state index < -0.39 is 0 Å². The van der Waals surface area contributed by atoms with Gasteiger partial charge in [0.25, 0.3) is 5.91 Å². The summed E-state index contributed by atoms with van der Waals surface area (Å²) < 4.78 is 2.04. The monoisotopic (exact) mass is 447 g/mol. The van der Waals surface area contributed by atoms with E-state index in [9.17, 15) is 4.79 Å². The van der Waals surface area contributed by atoms with Gasteiger partial charge in [-0.05, 0) is 37.9 Å². The molecule has 32 heavy (non-hydrogen) atoms. The summed E-state index contributed by atoms with van der Waals surface area (Å²) in [6, 6.07) is 7.59. The number of thiazole rings is 1. The van der Waals surface area contributed by atoms with Crippen molar-refractivity contribution in [2.45, 2.75) is 38.6 Å². The van der Waals surface area contributed by atoms with Crippen LogP contribution in [0.25, 0.3) is 16.8 Å². The first-order valence-corrected chi connectivity index (χ1v) is 11.7. The van der Waals surface area contributed by atoms with Crippen LogP contribution in [-0.4, -0.2) is 31.8 Å². The number of anilines is 2. The Kier molecular flexibility index (Phi) is 5.59. The van der Waals surface area contributed by atoms with Crippen LogP contribution in [0.15, 0.2) is 42.9 Å². The van der Waals surface area contributed by atoms with Crippen molar-refractivity contribution in [3.8, 4) is 11.3 Å². The van der Waals surface area contributed by atoms with Crippen LogP contribution in [0.2, 0.25) is 0 Å². The van der Waals surface area contributed by atoms with E-state index in [1.54, 1.807) is 24.5 Å². The molecule has 1 aliphatic rings. The topological polar surface area (TPSA) is 110 Å². The highest BCUT2D eigenvalue weighted by molar-refractivity contribution is 7.15. The molecule has 0 radical (unpaired) electrons. The maximum Gasteiger partial charge on any atom is 0.257 e. The second kappa shape index (κ2) is 8.68. The van der Waals surface area contributed by atoms with Crippen molar-refractivity contribution >= 4 is 33.7 Å². The minimum Gasteiger partial charge on any atom is -0.382 e. The van der Waals surface area contributed by atoms with Crippen LogP contribution in [-0.2, 0) is 6.42 Å². The molecule has 4 N–H and O–H groups in total. The number of nitrogens with one attached hydrogen (secondary N) is 2. The number of rotatable bonds is 5. The summed E-state index contributed by atoms with van der Waals surface area (Å²) in [6.07, 6.45) is 9.70. The van der Waals surface area contributed by atoms with Crippen LogP contribution in [0.3, 0.4) is 0 Å². The third kappa shape index (κ3) is 3.85. The minimum absolute atomic E-state index is 0.183. The Bertz CT molecular complexity index is 1260. The van der Waals surface area contributed by atoms with Crippen LogP contribution in [0, 0.1) is 0 Å². The van der Waals surface area contributed by atoms with Crippen molar-refractivity contribution in [1.82, 2.24) is 24.7 Å². The van der Waals surface area contributed by atoms with E-state index >= 15 is 0 Å². The predicted molar refractivity (Wildman–Crippen MR) is 127 cm³/mol. The molecule has 8 nitrogen and oxygen atoms in total. The number of benzene rings is 1. The third-order valence-electron chi connectivity index (χ3n) is 5.78. The highest BCUT2D eigenvalue weighted by atomic mass is 32.1. The summed E-state index contributed by atoms with van der Waals surface area (Å²) in [4.78, 5) is 27.3. The van der Waals surface area contributed by atoms with Gasteiger partial charge in [0.05, 0.1) is 6.04 Å². The lowest BCUT2D eigenvalue weighted by Gasteiger charge is -2.22. The molecular formula is C23H25N7OS. The maximum atomic E-state index is 12.6. The molecule has 1 unspecified atom stereocenters. The molecule has 1 amide bonds. The summed E-state index contributed by atoms with van der Waals surface area (Å²) >= 11 is 1.49. The number of hydrogen-bond acceptors (Lipinski definition) is 7. The second-order valence-electron chi connectivity index (χ2n) is 7.87. The van der Waals surface area contributed by atoms with Gasteiger partial charge < -0.3 is 11.1 Å². The Morgan fingerprint density at radius 3 is 2.84 bits per heavy atom. The molecule has 9 heteroatoms. The highest BCUT2D eigenvalue weighted by Gasteiger charge is 2.23. The average Bonchev–Trinajstić information content (AvgIpc) is 3.45. The van der Waals surface area contributed by atoms with Crippen molar-refractivity contribution in [1.29, 1.82) is 0 Å². The van der Waals surface area contributed by atoms with Crippen molar-refractivity contribution in [2.75, 3.05) is 17.6 Å². The van der Waals surface area contributed by atoms with Gasteiger partial charge >= 0.3 is 0 Å². The van der Waals surface area contributed by atoms with E-state index in [2.05, 4.69) is 27.5 Å². The Morgan fingerprint density at radius 1 is 1.28 bits per heavy atom. The van der Waals surface area contributed by atoms with Crippen molar-refractivity contribution in [3.63, 3.8) is 0 Å². The largest absolute Gasteiger partial charge is 0.382 e. The number of amides is 1. The number of imidazole rings is 1. The number of aryl methyl sites for hydroxylation is 1. The molecule has 164 valence electrons. The number of aromatic nitrogens is 4. The molecule has 1 saturated heterocycles. The first-order chi connectivity index (χ1) is 15.6. The van der Waals surface area contributed by atoms with Crippen molar-refractivity contribution in [2.24, 2.45) is 0 Å². The Labute approximate surface area is 189 Å². The predicted octanol–water partition coefficient (Wildman–Crippen LogP) is 4.06. The first kappa shape index (κ1) is 20.6. The van der Waals surface area contributed by atoms with Crippen LogP contribution in [0.5, 0.6) is 0 Å². The molecule has 4 heterocycles. The molecule has 0 spiro atoms. The number of piperidine rings is 1. The maximum absolute atomic E-state index is 12.6. The fraction of sp³-hybridized carbons (Fsp3) is 0.304. The molecule has 1 aromatic carbocycles. The molecule has 0 bridgehead atoms. The second-order valence-corrected chi connectivity index (χ2v) is 8.98.